The van der Waals surface area contributed by atoms with Gasteiger partial charge < -0.3 is 24.8 Å². The minimum absolute atomic E-state index is 0.00934. The van der Waals surface area contributed by atoms with Gasteiger partial charge in [0.2, 0.25) is 11.8 Å². The number of ether oxygens (including phenoxy) is 2. The fourth-order valence-electron chi connectivity index (χ4n) is 3.25. The lowest BCUT2D eigenvalue weighted by atomic mass is 10.1. The van der Waals surface area contributed by atoms with Gasteiger partial charge in [-0.25, -0.2) is 0 Å². The predicted octanol–water partition coefficient (Wildman–Crippen LogP) is 2.53. The molecule has 0 spiro atoms. The van der Waals surface area contributed by atoms with Crippen LogP contribution < -0.4 is 10.1 Å². The number of amides is 2. The van der Waals surface area contributed by atoms with Crippen molar-refractivity contribution in [3.05, 3.63) is 58.3 Å². The highest BCUT2D eigenvalue weighted by Gasteiger charge is 2.20. The van der Waals surface area contributed by atoms with E-state index in [4.69, 9.17) is 9.47 Å². The Morgan fingerprint density at radius 3 is 2.81 bits per heavy atom. The summed E-state index contributed by atoms with van der Waals surface area (Å²) in [5, 5.41) is 14.7. The average Bonchev–Trinajstić information content (AvgIpc) is 3.49. The van der Waals surface area contributed by atoms with E-state index in [0.29, 0.717) is 18.9 Å². The Morgan fingerprint density at radius 1 is 1.31 bits per heavy atom. The first-order valence-corrected chi connectivity index (χ1v) is 11.1. The molecule has 0 saturated carbocycles. The van der Waals surface area contributed by atoms with Crippen molar-refractivity contribution in [1.82, 2.24) is 10.2 Å². The number of phenolic OH excluding ortho intramolecular Hbond substituents is 1. The van der Waals surface area contributed by atoms with Crippen LogP contribution in [0.3, 0.4) is 0 Å². The molecule has 1 aliphatic rings. The van der Waals surface area contributed by atoms with Gasteiger partial charge in [0.25, 0.3) is 0 Å². The van der Waals surface area contributed by atoms with Gasteiger partial charge in [-0.05, 0) is 42.5 Å². The maximum Gasteiger partial charge on any atom is 0.247 e. The third kappa shape index (κ3) is 6.66. The molecule has 170 valence electrons. The Morgan fingerprint density at radius 2 is 2.16 bits per heavy atom. The second-order valence-corrected chi connectivity index (χ2v) is 8.33. The van der Waals surface area contributed by atoms with Crippen molar-refractivity contribution in [3.8, 4) is 11.5 Å². The Bertz CT molecular complexity index is 967. The van der Waals surface area contributed by atoms with E-state index in [1.165, 1.54) is 35.5 Å². The lowest BCUT2D eigenvalue weighted by molar-refractivity contribution is -0.133. The van der Waals surface area contributed by atoms with E-state index in [2.05, 4.69) is 5.32 Å². The van der Waals surface area contributed by atoms with Gasteiger partial charge in [0.15, 0.2) is 5.78 Å². The molecule has 1 saturated heterocycles. The van der Waals surface area contributed by atoms with Crippen LogP contribution in [0.25, 0.3) is 0 Å². The second-order valence-electron chi connectivity index (χ2n) is 7.29. The van der Waals surface area contributed by atoms with Gasteiger partial charge in [-0.15, -0.1) is 11.3 Å². The van der Waals surface area contributed by atoms with Gasteiger partial charge in [-0.1, -0.05) is 6.07 Å². The van der Waals surface area contributed by atoms with Crippen LogP contribution in [0.2, 0.25) is 0 Å². The molecule has 0 unspecified atom stereocenters. The summed E-state index contributed by atoms with van der Waals surface area (Å²) < 4.78 is 10.5. The van der Waals surface area contributed by atoms with Crippen LogP contribution in [-0.2, 0) is 20.9 Å². The summed E-state index contributed by atoms with van der Waals surface area (Å²) in [6.45, 7) is 1.21. The summed E-state index contributed by atoms with van der Waals surface area (Å²) in [6, 6.07) is 8.03. The van der Waals surface area contributed by atoms with Crippen molar-refractivity contribution in [3.63, 3.8) is 0 Å². The van der Waals surface area contributed by atoms with Gasteiger partial charge in [-0.3, -0.25) is 14.4 Å². The largest absolute Gasteiger partial charge is 0.507 e. The van der Waals surface area contributed by atoms with Crippen molar-refractivity contribution >= 4 is 28.9 Å². The number of aromatic hydroxyl groups is 1. The molecule has 32 heavy (non-hydrogen) atoms. The SMILES string of the molecule is COc1ccc(C(=O)/C=C/C(=O)N(CC(=O)NC[C@H]2CCCO2)Cc2cccs2)c(O)c1. The molecule has 9 heteroatoms. The highest BCUT2D eigenvalue weighted by Crippen LogP contribution is 2.24. The first kappa shape index (κ1) is 23.5. The molecule has 1 aliphatic heterocycles. The molecule has 2 amide bonds. The highest BCUT2D eigenvalue weighted by atomic mass is 32.1. The number of thiophene rings is 1. The number of allylic oxidation sites excluding steroid dienone is 1. The number of carbonyl (C=O) groups excluding carboxylic acids is 3. The van der Waals surface area contributed by atoms with Gasteiger partial charge in [0.05, 0.1) is 25.3 Å². The number of carbonyl (C=O) groups is 3. The topological polar surface area (TPSA) is 105 Å². The number of ketones is 1. The standard InChI is InChI=1S/C23H26N2O6S/c1-30-16-6-7-19(21(27)12-16)20(26)8-9-23(29)25(14-18-5-3-11-32-18)15-22(28)24-13-17-4-2-10-31-17/h3,5-9,11-12,17,27H,2,4,10,13-15H2,1H3,(H,24,28)/b9-8+/t17-/m1/s1. The molecule has 2 heterocycles. The lowest BCUT2D eigenvalue weighted by Crippen LogP contribution is -2.41. The number of rotatable bonds is 10. The van der Waals surface area contributed by atoms with Crippen LogP contribution in [0, 0.1) is 0 Å². The van der Waals surface area contributed by atoms with Crippen LogP contribution >= 0.6 is 11.3 Å². The van der Waals surface area contributed by atoms with Crippen molar-refractivity contribution < 1.29 is 29.0 Å². The summed E-state index contributed by atoms with van der Waals surface area (Å²) >= 11 is 1.47. The normalized spacial score (nSPS) is 15.6. The lowest BCUT2D eigenvalue weighted by Gasteiger charge is -2.20. The van der Waals surface area contributed by atoms with Crippen molar-refractivity contribution in [1.29, 1.82) is 0 Å². The smallest absolute Gasteiger partial charge is 0.247 e. The van der Waals surface area contributed by atoms with Crippen LogP contribution in [0.4, 0.5) is 0 Å². The summed E-state index contributed by atoms with van der Waals surface area (Å²) in [6.07, 6.45) is 4.10. The van der Waals surface area contributed by atoms with Gasteiger partial charge in [0.1, 0.15) is 18.0 Å². The molecular weight excluding hydrogens is 432 g/mol. The average molecular weight is 459 g/mol. The summed E-state index contributed by atoms with van der Waals surface area (Å²) in [7, 11) is 1.45. The fourth-order valence-corrected chi connectivity index (χ4v) is 3.97. The highest BCUT2D eigenvalue weighted by molar-refractivity contribution is 7.09. The van der Waals surface area contributed by atoms with E-state index in [1.807, 2.05) is 17.5 Å². The van der Waals surface area contributed by atoms with Gasteiger partial charge in [0, 0.05) is 30.2 Å². The fraction of sp³-hybridized carbons (Fsp3) is 0.348. The molecular formula is C23H26N2O6S. The van der Waals surface area contributed by atoms with E-state index in [9.17, 15) is 19.5 Å². The quantitative estimate of drug-likeness (QED) is 0.419. The number of methoxy groups -OCH3 is 1. The summed E-state index contributed by atoms with van der Waals surface area (Å²) in [5.41, 5.74) is 0.0500. The molecule has 0 aliphatic carbocycles. The monoisotopic (exact) mass is 458 g/mol. The Hall–Kier alpha value is -3.17. The number of hydrogen-bond donors (Lipinski definition) is 2. The van der Waals surface area contributed by atoms with Crippen LogP contribution in [-0.4, -0.2) is 60.5 Å². The number of phenols is 1. The van der Waals surface area contributed by atoms with E-state index < -0.39 is 11.7 Å². The molecule has 2 N–H and O–H groups in total. The molecule has 1 aromatic carbocycles. The zero-order valence-electron chi connectivity index (χ0n) is 17.8. The van der Waals surface area contributed by atoms with Crippen molar-refractivity contribution in [2.45, 2.75) is 25.5 Å². The molecule has 8 nitrogen and oxygen atoms in total. The zero-order chi connectivity index (χ0) is 22.9. The second kappa shape index (κ2) is 11.4. The Labute approximate surface area is 190 Å². The predicted molar refractivity (Wildman–Crippen MR) is 120 cm³/mol. The van der Waals surface area contributed by atoms with Gasteiger partial charge in [-0.2, -0.15) is 0 Å². The Balaban J connectivity index is 1.64. The van der Waals surface area contributed by atoms with E-state index in [1.54, 1.807) is 6.07 Å². The van der Waals surface area contributed by atoms with Crippen LogP contribution in [0.15, 0.2) is 47.9 Å². The third-order valence-corrected chi connectivity index (χ3v) is 5.83. The van der Waals surface area contributed by atoms with Crippen molar-refractivity contribution in [2.24, 2.45) is 0 Å². The van der Waals surface area contributed by atoms with Crippen molar-refractivity contribution in [2.75, 3.05) is 26.8 Å². The van der Waals surface area contributed by atoms with E-state index >= 15 is 0 Å². The first-order valence-electron chi connectivity index (χ1n) is 10.2. The molecule has 2 aromatic rings. The molecule has 1 aromatic heterocycles. The number of hydrogen-bond acceptors (Lipinski definition) is 7. The molecule has 0 radical (unpaired) electrons. The molecule has 3 rings (SSSR count). The minimum atomic E-state index is -0.530. The van der Waals surface area contributed by atoms with Gasteiger partial charge >= 0.3 is 0 Å². The maximum atomic E-state index is 12.8. The summed E-state index contributed by atoms with van der Waals surface area (Å²) in [5.74, 6) is -1.13. The zero-order valence-corrected chi connectivity index (χ0v) is 18.6. The first-order chi connectivity index (χ1) is 15.5. The number of nitrogens with one attached hydrogen (secondary N) is 1. The Kier molecular flexibility index (Phi) is 8.41. The third-order valence-electron chi connectivity index (χ3n) is 4.97. The molecule has 0 bridgehead atoms. The minimum Gasteiger partial charge on any atom is -0.507 e. The number of nitrogens with zero attached hydrogens (tertiary/aromatic N) is 1. The van der Waals surface area contributed by atoms with E-state index in [0.717, 1.165) is 29.9 Å². The molecule has 1 fully saturated rings. The summed E-state index contributed by atoms with van der Waals surface area (Å²) in [4.78, 5) is 39.9. The van der Waals surface area contributed by atoms with Crippen LogP contribution in [0.1, 0.15) is 28.1 Å². The molecule has 1 atom stereocenters. The maximum absolute atomic E-state index is 12.8. The number of benzene rings is 1. The van der Waals surface area contributed by atoms with E-state index in [-0.39, 0.29) is 36.4 Å². The van der Waals surface area contributed by atoms with Crippen LogP contribution in [0.5, 0.6) is 11.5 Å².